The van der Waals surface area contributed by atoms with Crippen molar-refractivity contribution in [3.05, 3.63) is 59.7 Å². The number of rotatable bonds is 5. The second-order valence-electron chi connectivity index (χ2n) is 7.55. The highest BCUT2D eigenvalue weighted by molar-refractivity contribution is 7.86. The molecule has 2 aliphatic rings. The molecule has 4 rings (SSSR count). The van der Waals surface area contributed by atoms with E-state index in [1.807, 2.05) is 36.4 Å². The first-order chi connectivity index (χ1) is 14.6. The zero-order valence-electron chi connectivity index (χ0n) is 16.9. The van der Waals surface area contributed by atoms with Crippen LogP contribution < -0.4 is 0 Å². The summed E-state index contributed by atoms with van der Waals surface area (Å²) in [5.41, 5.74) is 3.81. The summed E-state index contributed by atoms with van der Waals surface area (Å²) in [6.45, 7) is 5.02. The average Bonchev–Trinajstić information content (AvgIpc) is 2.80. The van der Waals surface area contributed by atoms with E-state index in [1.165, 1.54) is 9.87 Å². The van der Waals surface area contributed by atoms with Gasteiger partial charge in [0.1, 0.15) is 0 Å². The van der Waals surface area contributed by atoms with Crippen LogP contribution in [-0.2, 0) is 21.5 Å². The van der Waals surface area contributed by atoms with Gasteiger partial charge in [-0.2, -0.15) is 22.3 Å². The zero-order valence-corrected chi connectivity index (χ0v) is 17.7. The van der Waals surface area contributed by atoms with Crippen LogP contribution in [0.2, 0.25) is 0 Å². The normalized spacial score (nSPS) is 19.4. The van der Waals surface area contributed by atoms with E-state index in [4.69, 9.17) is 4.74 Å². The Kier molecular flexibility index (Phi) is 6.46. The molecule has 0 aromatic heterocycles. The van der Waals surface area contributed by atoms with E-state index >= 15 is 0 Å². The predicted molar refractivity (Wildman–Crippen MR) is 115 cm³/mol. The van der Waals surface area contributed by atoms with Gasteiger partial charge in [-0.3, -0.25) is 4.90 Å². The maximum absolute atomic E-state index is 12.8. The topological polar surface area (TPSA) is 76.9 Å². The average molecular weight is 427 g/mol. The molecule has 158 valence electrons. The predicted octanol–water partition coefficient (Wildman–Crippen LogP) is 1.92. The molecule has 2 aromatic rings. The van der Waals surface area contributed by atoms with Gasteiger partial charge >= 0.3 is 0 Å². The van der Waals surface area contributed by atoms with Gasteiger partial charge < -0.3 is 4.74 Å². The molecule has 0 aliphatic carbocycles. The molecule has 0 spiro atoms. The Hall–Kier alpha value is -2.28. The van der Waals surface area contributed by atoms with Gasteiger partial charge in [0, 0.05) is 45.8 Å². The van der Waals surface area contributed by atoms with E-state index in [-0.39, 0.29) is 0 Å². The fourth-order valence-corrected chi connectivity index (χ4v) is 5.50. The summed E-state index contributed by atoms with van der Waals surface area (Å²) in [6.07, 6.45) is 0. The Bertz CT molecular complexity index is 1000. The van der Waals surface area contributed by atoms with Crippen molar-refractivity contribution < 1.29 is 13.2 Å². The summed E-state index contributed by atoms with van der Waals surface area (Å²) in [6, 6.07) is 18.1. The van der Waals surface area contributed by atoms with E-state index in [1.54, 1.807) is 4.31 Å². The summed E-state index contributed by atoms with van der Waals surface area (Å²) in [5.74, 6) is 0. The van der Waals surface area contributed by atoms with Gasteiger partial charge in [-0.15, -0.1) is 0 Å². The Labute approximate surface area is 178 Å². The molecule has 0 atom stereocenters. The van der Waals surface area contributed by atoms with Crippen LogP contribution in [0.25, 0.3) is 11.1 Å². The lowest BCUT2D eigenvalue weighted by molar-refractivity contribution is 0.0684. The highest BCUT2D eigenvalue weighted by Gasteiger charge is 2.33. The first-order valence-corrected chi connectivity index (χ1v) is 11.6. The molecule has 0 saturated carbocycles. The summed E-state index contributed by atoms with van der Waals surface area (Å²) in [4.78, 5) is 2.28. The lowest BCUT2D eigenvalue weighted by Gasteiger charge is -2.37. The molecule has 0 bridgehead atoms. The van der Waals surface area contributed by atoms with Crippen LogP contribution in [0.4, 0.5) is 0 Å². The molecule has 2 fully saturated rings. The maximum atomic E-state index is 12.8. The van der Waals surface area contributed by atoms with Gasteiger partial charge in [0.25, 0.3) is 10.2 Å². The van der Waals surface area contributed by atoms with Crippen LogP contribution in [0.3, 0.4) is 0 Å². The quantitative estimate of drug-likeness (QED) is 0.730. The van der Waals surface area contributed by atoms with Gasteiger partial charge in [-0.1, -0.05) is 42.5 Å². The minimum absolute atomic E-state index is 0.434. The summed E-state index contributed by atoms with van der Waals surface area (Å²) < 4.78 is 34.0. The lowest BCUT2D eigenvalue weighted by Crippen LogP contribution is -2.54. The highest BCUT2D eigenvalue weighted by atomic mass is 32.2. The largest absolute Gasteiger partial charge is 0.379 e. The van der Waals surface area contributed by atoms with Crippen LogP contribution in [0.15, 0.2) is 48.5 Å². The summed E-state index contributed by atoms with van der Waals surface area (Å²) in [7, 11) is -3.39. The molecule has 2 saturated heterocycles. The van der Waals surface area contributed by atoms with Crippen molar-refractivity contribution in [3.8, 4) is 17.2 Å². The second-order valence-corrected chi connectivity index (χ2v) is 9.48. The number of nitrogens with zero attached hydrogens (tertiary/aromatic N) is 4. The third-order valence-electron chi connectivity index (χ3n) is 5.67. The molecule has 0 amide bonds. The van der Waals surface area contributed by atoms with Crippen LogP contribution in [0, 0.1) is 11.3 Å². The molecule has 8 heteroatoms. The van der Waals surface area contributed by atoms with E-state index in [0.717, 1.165) is 17.7 Å². The Morgan fingerprint density at radius 3 is 2.17 bits per heavy atom. The van der Waals surface area contributed by atoms with Gasteiger partial charge in [0.15, 0.2) is 0 Å². The molecule has 7 nitrogen and oxygen atoms in total. The first-order valence-electron chi connectivity index (χ1n) is 10.2. The minimum atomic E-state index is -3.39. The highest BCUT2D eigenvalue weighted by Crippen LogP contribution is 2.24. The minimum Gasteiger partial charge on any atom is -0.379 e. The molecular weight excluding hydrogens is 400 g/mol. The molecule has 0 N–H and O–H groups in total. The monoisotopic (exact) mass is 426 g/mol. The Morgan fingerprint density at radius 2 is 1.50 bits per heavy atom. The molecule has 2 heterocycles. The fraction of sp³-hybridized carbons (Fsp3) is 0.409. The second kappa shape index (κ2) is 9.25. The fourth-order valence-electron chi connectivity index (χ4n) is 3.94. The van der Waals surface area contributed by atoms with Crippen LogP contribution in [0.1, 0.15) is 11.1 Å². The molecule has 30 heavy (non-hydrogen) atoms. The molecule has 2 aliphatic heterocycles. The number of hydrogen-bond donors (Lipinski definition) is 0. The van der Waals surface area contributed by atoms with Crippen molar-refractivity contribution in [3.63, 3.8) is 0 Å². The third kappa shape index (κ3) is 4.56. The van der Waals surface area contributed by atoms with Crippen LogP contribution in [0.5, 0.6) is 0 Å². The zero-order chi connectivity index (χ0) is 21.0. The Morgan fingerprint density at radius 1 is 0.867 bits per heavy atom. The molecular formula is C22H26N4O3S. The van der Waals surface area contributed by atoms with E-state index in [9.17, 15) is 13.7 Å². The summed E-state index contributed by atoms with van der Waals surface area (Å²) >= 11 is 0. The van der Waals surface area contributed by atoms with Gasteiger partial charge in [0.2, 0.25) is 0 Å². The Balaban J connectivity index is 1.35. The van der Waals surface area contributed by atoms with Crippen molar-refractivity contribution in [1.82, 2.24) is 13.5 Å². The smallest absolute Gasteiger partial charge is 0.282 e. The van der Waals surface area contributed by atoms with Gasteiger partial charge in [0.05, 0.1) is 24.8 Å². The molecule has 0 radical (unpaired) electrons. The van der Waals surface area contributed by atoms with E-state index in [2.05, 4.69) is 23.1 Å². The van der Waals surface area contributed by atoms with E-state index < -0.39 is 10.2 Å². The van der Waals surface area contributed by atoms with Crippen LogP contribution in [-0.4, -0.2) is 74.4 Å². The number of nitriles is 1. The first kappa shape index (κ1) is 21.0. The van der Waals surface area contributed by atoms with Crippen molar-refractivity contribution in [2.75, 3.05) is 52.5 Å². The maximum Gasteiger partial charge on any atom is 0.282 e. The van der Waals surface area contributed by atoms with Crippen molar-refractivity contribution >= 4 is 10.2 Å². The van der Waals surface area contributed by atoms with Crippen LogP contribution >= 0.6 is 0 Å². The number of piperazine rings is 1. The standard InChI is InChI=1S/C22H26N4O3S/c23-17-21-3-1-2-4-22(21)20-7-5-19(6-8-20)18-24-9-11-25(12-10-24)30(27,28)26-13-15-29-16-14-26/h1-8H,9-16,18H2. The van der Waals surface area contributed by atoms with Crippen molar-refractivity contribution in [2.24, 2.45) is 0 Å². The summed E-state index contributed by atoms with van der Waals surface area (Å²) in [5, 5.41) is 9.30. The number of morpholine rings is 1. The molecule has 0 unspecified atom stereocenters. The SMILES string of the molecule is N#Cc1ccccc1-c1ccc(CN2CCN(S(=O)(=O)N3CCOCC3)CC2)cc1. The number of benzene rings is 2. The number of ether oxygens (including phenoxy) is 1. The van der Waals surface area contributed by atoms with Crippen molar-refractivity contribution in [2.45, 2.75) is 6.54 Å². The van der Waals surface area contributed by atoms with Gasteiger partial charge in [-0.25, -0.2) is 0 Å². The third-order valence-corrected chi connectivity index (χ3v) is 7.71. The van der Waals surface area contributed by atoms with Crippen molar-refractivity contribution in [1.29, 1.82) is 5.26 Å². The lowest BCUT2D eigenvalue weighted by atomic mass is 9.99. The van der Waals surface area contributed by atoms with E-state index in [0.29, 0.717) is 58.0 Å². The number of hydrogen-bond acceptors (Lipinski definition) is 5. The van der Waals surface area contributed by atoms with Gasteiger partial charge in [-0.05, 0) is 22.8 Å². The molecule has 2 aromatic carbocycles.